The lowest BCUT2D eigenvalue weighted by atomic mass is 10.1. The topological polar surface area (TPSA) is 74.8 Å². The van der Waals surface area contributed by atoms with Gasteiger partial charge in [-0.05, 0) is 31.7 Å². The zero-order valence-corrected chi connectivity index (χ0v) is 14.0. The van der Waals surface area contributed by atoms with Crippen LogP contribution >= 0.6 is 11.3 Å². The molecule has 2 aromatic heterocycles. The molecule has 2 heterocycles. The van der Waals surface area contributed by atoms with Crippen molar-refractivity contribution < 1.29 is 4.39 Å². The van der Waals surface area contributed by atoms with Gasteiger partial charge in [0, 0.05) is 11.9 Å². The second-order valence-corrected chi connectivity index (χ2v) is 6.25. The maximum Gasteiger partial charge on any atom is 0.242 e. The Hall–Kier alpha value is -1.80. The smallest absolute Gasteiger partial charge is 0.242 e. The summed E-state index contributed by atoms with van der Waals surface area (Å²) >= 11 is 1.66. The lowest BCUT2D eigenvalue weighted by Gasteiger charge is -2.19. The first-order valence-corrected chi connectivity index (χ1v) is 8.00. The van der Waals surface area contributed by atoms with Crippen LogP contribution in [0.5, 0.6) is 0 Å². The minimum atomic E-state index is -1.64. The highest BCUT2D eigenvalue weighted by molar-refractivity contribution is 7.10. The Morgan fingerprint density at radius 3 is 2.55 bits per heavy atom. The molecule has 0 aliphatic carbocycles. The molecule has 0 aliphatic rings. The van der Waals surface area contributed by atoms with Gasteiger partial charge in [-0.25, -0.2) is 9.82 Å². The first kappa shape index (κ1) is 16.6. The van der Waals surface area contributed by atoms with Crippen molar-refractivity contribution in [3.63, 3.8) is 0 Å². The van der Waals surface area contributed by atoms with E-state index in [-0.39, 0.29) is 17.8 Å². The van der Waals surface area contributed by atoms with Gasteiger partial charge < -0.3 is 5.32 Å². The first-order valence-electron chi connectivity index (χ1n) is 7.12. The summed E-state index contributed by atoms with van der Waals surface area (Å²) in [4.78, 5) is 13.7. The van der Waals surface area contributed by atoms with E-state index in [0.29, 0.717) is 5.95 Å². The number of hydrogen-bond donors (Lipinski definition) is 3. The van der Waals surface area contributed by atoms with E-state index in [1.54, 1.807) is 18.4 Å². The molecule has 0 radical (unpaired) electrons. The quantitative estimate of drug-likeness (QED) is 0.679. The molecule has 1 unspecified atom stereocenters. The molecule has 3 N–H and O–H groups in total. The summed E-state index contributed by atoms with van der Waals surface area (Å²) in [6, 6.07) is 4.14. The number of thiophene rings is 1. The van der Waals surface area contributed by atoms with Crippen LogP contribution < -0.4 is 16.2 Å². The zero-order chi connectivity index (χ0) is 16.2. The molecule has 2 aromatic rings. The highest BCUT2D eigenvalue weighted by Crippen LogP contribution is 2.27. The molecule has 22 heavy (non-hydrogen) atoms. The predicted octanol–water partition coefficient (Wildman–Crippen LogP) is 3.25. The Morgan fingerprint density at radius 2 is 2.00 bits per heavy atom. The van der Waals surface area contributed by atoms with Crippen molar-refractivity contribution in [1.82, 2.24) is 20.4 Å². The van der Waals surface area contributed by atoms with E-state index in [1.807, 2.05) is 11.4 Å². The van der Waals surface area contributed by atoms with Crippen LogP contribution in [0.3, 0.4) is 0 Å². The fraction of sp³-hybridized carbons (Fsp3) is 0.500. The summed E-state index contributed by atoms with van der Waals surface area (Å²) in [5.41, 5.74) is 3.86. The van der Waals surface area contributed by atoms with Gasteiger partial charge in [0.15, 0.2) is 11.5 Å². The van der Waals surface area contributed by atoms with Gasteiger partial charge >= 0.3 is 0 Å². The fourth-order valence-corrected chi connectivity index (χ4v) is 2.76. The van der Waals surface area contributed by atoms with E-state index in [1.165, 1.54) is 18.7 Å². The molecule has 8 heteroatoms. The molecule has 6 nitrogen and oxygen atoms in total. The first-order chi connectivity index (χ1) is 10.4. The van der Waals surface area contributed by atoms with Crippen molar-refractivity contribution >= 4 is 23.2 Å². The minimum Gasteiger partial charge on any atom is -0.346 e. The molecule has 0 fully saturated rings. The van der Waals surface area contributed by atoms with E-state index in [2.05, 4.69) is 44.1 Å². The van der Waals surface area contributed by atoms with Crippen molar-refractivity contribution in [3.8, 4) is 0 Å². The summed E-state index contributed by atoms with van der Waals surface area (Å²) in [7, 11) is 1.69. The molecule has 0 aromatic carbocycles. The van der Waals surface area contributed by atoms with Gasteiger partial charge in [0.25, 0.3) is 0 Å². The van der Waals surface area contributed by atoms with E-state index in [4.69, 9.17) is 0 Å². The number of halogens is 1. The molecule has 120 valence electrons. The van der Waals surface area contributed by atoms with Crippen LogP contribution in [0.2, 0.25) is 0 Å². The highest BCUT2D eigenvalue weighted by Gasteiger charge is 2.25. The highest BCUT2D eigenvalue weighted by atomic mass is 32.1. The van der Waals surface area contributed by atoms with E-state index >= 15 is 0 Å². The molecule has 0 bridgehead atoms. The van der Waals surface area contributed by atoms with Crippen LogP contribution in [-0.4, -0.2) is 22.0 Å². The normalized spacial score (nSPS) is 13.0. The van der Waals surface area contributed by atoms with Crippen molar-refractivity contribution in [3.05, 3.63) is 28.2 Å². The van der Waals surface area contributed by atoms with Gasteiger partial charge in [-0.3, -0.25) is 5.43 Å². The van der Waals surface area contributed by atoms with Crippen molar-refractivity contribution in [2.45, 2.75) is 38.9 Å². The number of anilines is 2. The maximum atomic E-state index is 14.2. The number of rotatable bonds is 7. The predicted molar refractivity (Wildman–Crippen MR) is 87.6 cm³/mol. The van der Waals surface area contributed by atoms with E-state index in [0.717, 1.165) is 6.42 Å². The molecule has 0 spiro atoms. The van der Waals surface area contributed by atoms with Crippen LogP contribution in [0.15, 0.2) is 17.5 Å². The minimum absolute atomic E-state index is 0.0837. The van der Waals surface area contributed by atoms with Gasteiger partial charge in [0.05, 0.1) is 6.04 Å². The Balaban J connectivity index is 2.30. The third-order valence-corrected chi connectivity index (χ3v) is 3.99. The van der Waals surface area contributed by atoms with Crippen LogP contribution in [0, 0.1) is 0 Å². The third-order valence-electron chi connectivity index (χ3n) is 3.00. The Labute approximate surface area is 133 Å². The van der Waals surface area contributed by atoms with Gasteiger partial charge in [-0.1, -0.05) is 13.0 Å². The molecular weight excluding hydrogens is 303 g/mol. The summed E-state index contributed by atoms with van der Waals surface area (Å²) in [6.45, 7) is 4.92. The second-order valence-electron chi connectivity index (χ2n) is 5.27. The van der Waals surface area contributed by atoms with Gasteiger partial charge in [-0.2, -0.15) is 15.0 Å². The monoisotopic (exact) mass is 324 g/mol. The van der Waals surface area contributed by atoms with Crippen LogP contribution in [0.1, 0.15) is 43.9 Å². The van der Waals surface area contributed by atoms with E-state index < -0.39 is 5.67 Å². The van der Waals surface area contributed by atoms with Crippen molar-refractivity contribution in [2.24, 2.45) is 0 Å². The van der Waals surface area contributed by atoms with Gasteiger partial charge in [0.1, 0.15) is 0 Å². The third kappa shape index (κ3) is 4.11. The fourth-order valence-electron chi connectivity index (χ4n) is 1.89. The maximum absolute atomic E-state index is 14.2. The number of hydrogen-bond acceptors (Lipinski definition) is 7. The number of aromatic nitrogens is 3. The van der Waals surface area contributed by atoms with E-state index in [9.17, 15) is 4.39 Å². The van der Waals surface area contributed by atoms with Gasteiger partial charge in [-0.15, -0.1) is 11.3 Å². The largest absolute Gasteiger partial charge is 0.346 e. The molecule has 0 aliphatic heterocycles. The van der Waals surface area contributed by atoms with Crippen LogP contribution in [-0.2, 0) is 5.67 Å². The average Bonchev–Trinajstić information content (AvgIpc) is 2.98. The number of alkyl halides is 1. The number of nitrogens with zero attached hydrogens (tertiary/aromatic N) is 3. The molecule has 2 rings (SSSR count). The molecule has 0 amide bonds. The number of hydrazine groups is 1. The van der Waals surface area contributed by atoms with Crippen LogP contribution in [0.25, 0.3) is 0 Å². The Morgan fingerprint density at radius 1 is 1.27 bits per heavy atom. The SMILES string of the molecule is CCC(Nc1nc(NNC)nc(C(C)(C)F)n1)c1cccs1. The average molecular weight is 324 g/mol. The Bertz CT molecular complexity index is 596. The lowest BCUT2D eigenvalue weighted by molar-refractivity contribution is 0.206. The molecule has 0 saturated carbocycles. The summed E-state index contributed by atoms with van der Waals surface area (Å²) in [5.74, 6) is 0.722. The van der Waals surface area contributed by atoms with Gasteiger partial charge in [0.2, 0.25) is 11.9 Å². The summed E-state index contributed by atoms with van der Waals surface area (Å²) < 4.78 is 14.2. The second kappa shape index (κ2) is 6.97. The standard InChI is InChI=1S/C14H21FN6S/c1-5-9(10-7-6-8-22-10)17-12-18-11(14(2,3)15)19-13(20-12)21-16-4/h6-9,16H,5H2,1-4H3,(H2,17,18,19,20,21). The Kier molecular flexibility index (Phi) is 5.25. The molecule has 0 saturated heterocycles. The number of nitrogens with one attached hydrogen (secondary N) is 3. The van der Waals surface area contributed by atoms with Crippen molar-refractivity contribution in [2.75, 3.05) is 17.8 Å². The zero-order valence-electron chi connectivity index (χ0n) is 13.1. The molecular formula is C14H21FN6S. The molecule has 1 atom stereocenters. The van der Waals surface area contributed by atoms with Crippen LogP contribution in [0.4, 0.5) is 16.3 Å². The summed E-state index contributed by atoms with van der Waals surface area (Å²) in [6.07, 6.45) is 0.870. The summed E-state index contributed by atoms with van der Waals surface area (Å²) in [5, 5.41) is 5.28. The lowest BCUT2D eigenvalue weighted by Crippen LogP contribution is -2.23. The van der Waals surface area contributed by atoms with Crippen molar-refractivity contribution in [1.29, 1.82) is 0 Å².